The molecule has 0 spiro atoms. The van der Waals surface area contributed by atoms with Gasteiger partial charge in [-0.3, -0.25) is 0 Å². The molecule has 178 valence electrons. The predicted octanol–water partition coefficient (Wildman–Crippen LogP) is -7.04. The molecular weight excluding hydrogens is 459 g/mol. The smallest absolute Gasteiger partial charge is 0.366 e. The van der Waals surface area contributed by atoms with Crippen LogP contribution in [0.4, 0.5) is 0 Å². The van der Waals surface area contributed by atoms with Gasteiger partial charge in [-0.2, -0.15) is 0 Å². The van der Waals surface area contributed by atoms with Crippen LogP contribution in [0, 0.1) is 0 Å². The molecule has 0 heterocycles. The molecule has 0 amide bonds. The van der Waals surface area contributed by atoms with Crippen LogP contribution in [-0.2, 0) is 9.47 Å². The minimum Gasteiger partial charge on any atom is -1.00 e. The highest BCUT2D eigenvalue weighted by Gasteiger charge is 2.18. The van der Waals surface area contributed by atoms with Crippen LogP contribution in [0.5, 0.6) is 11.5 Å². The summed E-state index contributed by atoms with van der Waals surface area (Å²) in [6.45, 7) is 4.50. The Hall–Kier alpha value is -2.52. The van der Waals surface area contributed by atoms with Crippen molar-refractivity contribution >= 4 is 11.8 Å². The second kappa shape index (κ2) is 15.3. The lowest BCUT2D eigenvalue weighted by Crippen LogP contribution is -3.00. The van der Waals surface area contributed by atoms with Gasteiger partial charge in [0.2, 0.25) is 0 Å². The summed E-state index contributed by atoms with van der Waals surface area (Å²) in [6, 6.07) is 13.9. The van der Waals surface area contributed by atoms with Crippen LogP contribution < -0.4 is 45.1 Å². The molecule has 0 saturated carbocycles. The molecule has 2 aromatic carbocycles. The molecule has 8 nitrogen and oxygen atoms in total. The molecule has 6 N–H and O–H groups in total. The van der Waals surface area contributed by atoms with Gasteiger partial charge in [-0.25, -0.2) is 10.8 Å². The fourth-order valence-electron chi connectivity index (χ4n) is 2.49. The Balaban J connectivity index is 0.00000480. The highest BCUT2D eigenvalue weighted by molar-refractivity contribution is 5.89. The summed E-state index contributed by atoms with van der Waals surface area (Å²) in [4.78, 5) is 0. The minimum atomic E-state index is -1.12. The molecule has 32 heavy (non-hydrogen) atoms. The van der Waals surface area contributed by atoms with E-state index >= 15 is 0 Å². The molecule has 0 aliphatic rings. The van der Waals surface area contributed by atoms with Gasteiger partial charge in [0.15, 0.2) is 0 Å². The zero-order chi connectivity index (χ0) is 21.9. The van der Waals surface area contributed by atoms with Gasteiger partial charge in [-0.1, -0.05) is 0 Å². The summed E-state index contributed by atoms with van der Waals surface area (Å²) in [5.74, 6) is 1.74. The van der Waals surface area contributed by atoms with E-state index in [9.17, 15) is 10.2 Å². The summed E-state index contributed by atoms with van der Waals surface area (Å²) < 4.78 is 21.5. The first-order valence-electron chi connectivity index (χ1n) is 9.77. The number of ether oxygens (including phenoxy) is 4. The number of benzene rings is 2. The summed E-state index contributed by atoms with van der Waals surface area (Å²) in [5.41, 5.74) is 1.48. The molecule has 0 aliphatic heterocycles. The van der Waals surface area contributed by atoms with E-state index in [1.54, 1.807) is 48.5 Å². The van der Waals surface area contributed by atoms with Crippen LogP contribution >= 0.6 is 0 Å². The average molecular weight is 489 g/mol. The van der Waals surface area contributed by atoms with Crippen molar-refractivity contribution in [2.45, 2.75) is 26.1 Å². The summed E-state index contributed by atoms with van der Waals surface area (Å²) in [5, 5.41) is 31.8. The highest BCUT2D eigenvalue weighted by Crippen LogP contribution is 2.15. The highest BCUT2D eigenvalue weighted by atomic mass is 35.5. The third-order valence-electron chi connectivity index (χ3n) is 4.16. The number of halogens is 2. The van der Waals surface area contributed by atoms with Crippen molar-refractivity contribution in [3.05, 3.63) is 59.7 Å². The topological polar surface area (TPSA) is 129 Å². The van der Waals surface area contributed by atoms with Crippen LogP contribution in [0.25, 0.3) is 0 Å². The van der Waals surface area contributed by atoms with Crippen LogP contribution in [-0.4, -0.2) is 60.6 Å². The van der Waals surface area contributed by atoms with E-state index in [4.69, 9.17) is 29.8 Å². The SMILES string of the molecule is CCOC(=[NH2+])c1ccc(OC[C@@H](O)[C@@H](O)COc2ccc(C(=[NH2+])OCC)cc2)cc1.[Cl-].[Cl-]. The normalized spacial score (nSPS) is 11.8. The quantitative estimate of drug-likeness (QED) is 0.184. The van der Waals surface area contributed by atoms with Crippen LogP contribution in [0.15, 0.2) is 48.5 Å². The first-order valence-corrected chi connectivity index (χ1v) is 9.77. The molecule has 0 aliphatic carbocycles. The Bertz CT molecular complexity index is 749. The third-order valence-corrected chi connectivity index (χ3v) is 4.16. The van der Waals surface area contributed by atoms with Gasteiger partial charge >= 0.3 is 11.8 Å². The van der Waals surface area contributed by atoms with Crippen molar-refractivity contribution in [2.24, 2.45) is 0 Å². The largest absolute Gasteiger partial charge is 1.00 e. The Labute approximate surface area is 200 Å². The van der Waals surface area contributed by atoms with Gasteiger partial charge in [0.25, 0.3) is 0 Å². The Kier molecular flexibility index (Phi) is 14.1. The van der Waals surface area contributed by atoms with E-state index in [1.165, 1.54) is 0 Å². The maximum absolute atomic E-state index is 10.1. The molecule has 0 bridgehead atoms. The lowest BCUT2D eigenvalue weighted by Gasteiger charge is -2.19. The van der Waals surface area contributed by atoms with Crippen molar-refractivity contribution in [3.63, 3.8) is 0 Å². The number of nitrogens with two attached hydrogens (primary N) is 2. The molecule has 2 rings (SSSR count). The van der Waals surface area contributed by atoms with Crippen molar-refractivity contribution in [2.75, 3.05) is 26.4 Å². The molecule has 0 unspecified atom stereocenters. The molecule has 2 aromatic rings. The fourth-order valence-corrected chi connectivity index (χ4v) is 2.49. The van der Waals surface area contributed by atoms with Gasteiger partial charge < -0.3 is 54.0 Å². The van der Waals surface area contributed by atoms with Crippen LogP contribution in [0.2, 0.25) is 0 Å². The zero-order valence-electron chi connectivity index (χ0n) is 18.0. The monoisotopic (exact) mass is 488 g/mol. The van der Waals surface area contributed by atoms with Crippen molar-refractivity contribution < 1.29 is 64.8 Å². The van der Waals surface area contributed by atoms with Crippen LogP contribution in [0.1, 0.15) is 25.0 Å². The number of aliphatic hydroxyl groups is 2. The van der Waals surface area contributed by atoms with E-state index in [0.29, 0.717) is 36.5 Å². The van der Waals surface area contributed by atoms with Gasteiger partial charge in [0.1, 0.15) is 36.9 Å². The van der Waals surface area contributed by atoms with E-state index in [0.717, 1.165) is 11.1 Å². The fraction of sp³-hybridized carbons (Fsp3) is 0.364. The van der Waals surface area contributed by atoms with E-state index in [2.05, 4.69) is 0 Å². The Morgan fingerprint density at radius 1 is 0.688 bits per heavy atom. The van der Waals surface area contributed by atoms with Crippen LogP contribution in [0.3, 0.4) is 0 Å². The number of aliphatic hydroxyl groups excluding tert-OH is 2. The van der Waals surface area contributed by atoms with Gasteiger partial charge in [-0.05, 0) is 62.4 Å². The number of hydrogen-bond acceptors (Lipinski definition) is 6. The van der Waals surface area contributed by atoms with E-state index in [-0.39, 0.29) is 38.0 Å². The molecular formula is C22H30Cl2N2O6. The van der Waals surface area contributed by atoms with Crippen molar-refractivity contribution in [1.29, 1.82) is 0 Å². The summed E-state index contributed by atoms with van der Waals surface area (Å²) in [6.07, 6.45) is -2.24. The lowest BCUT2D eigenvalue weighted by molar-refractivity contribution is -0.138. The minimum absolute atomic E-state index is 0. The maximum Gasteiger partial charge on any atom is 0.366 e. The van der Waals surface area contributed by atoms with E-state index in [1.807, 2.05) is 13.8 Å². The maximum atomic E-state index is 10.1. The molecule has 10 heteroatoms. The second-order valence-corrected chi connectivity index (χ2v) is 6.40. The zero-order valence-corrected chi connectivity index (χ0v) is 19.6. The molecule has 0 saturated heterocycles. The Morgan fingerprint density at radius 2 is 1.00 bits per heavy atom. The average Bonchev–Trinajstić information content (AvgIpc) is 2.76. The molecule has 2 atom stereocenters. The molecule has 0 fully saturated rings. The second-order valence-electron chi connectivity index (χ2n) is 6.40. The summed E-state index contributed by atoms with van der Waals surface area (Å²) in [7, 11) is 0. The Morgan fingerprint density at radius 3 is 1.28 bits per heavy atom. The first kappa shape index (κ1) is 29.5. The summed E-state index contributed by atoms with van der Waals surface area (Å²) >= 11 is 0. The molecule has 0 radical (unpaired) electrons. The van der Waals surface area contributed by atoms with Gasteiger partial charge in [0, 0.05) is 0 Å². The first-order chi connectivity index (χ1) is 14.4. The van der Waals surface area contributed by atoms with Gasteiger partial charge in [0.05, 0.1) is 24.3 Å². The van der Waals surface area contributed by atoms with Gasteiger partial charge in [-0.15, -0.1) is 0 Å². The van der Waals surface area contributed by atoms with E-state index < -0.39 is 12.2 Å². The van der Waals surface area contributed by atoms with Crippen molar-refractivity contribution in [1.82, 2.24) is 0 Å². The standard InChI is InChI=1S/C22H28N2O6.2ClH/c1-3-27-21(23)15-5-9-17(10-6-15)29-13-19(25)20(26)14-30-18-11-7-16(8-12-18)22(24)28-4-2;;/h5-12,19-20,23-26H,3-4,13-14H2,1-2H3;2*1H/t19-,20+;;. The lowest BCUT2D eigenvalue weighted by atomic mass is 10.2. The molecule has 0 aromatic heterocycles. The third kappa shape index (κ3) is 9.32. The number of rotatable bonds is 11. The predicted molar refractivity (Wildman–Crippen MR) is 111 cm³/mol. The number of hydrogen-bond donors (Lipinski definition) is 4. The van der Waals surface area contributed by atoms with Crippen molar-refractivity contribution in [3.8, 4) is 11.5 Å².